The molecule has 0 saturated carbocycles. The Bertz CT molecular complexity index is 120. The van der Waals surface area contributed by atoms with E-state index in [1.165, 1.54) is 51.4 Å². The van der Waals surface area contributed by atoms with Crippen LogP contribution in [0.1, 0.15) is 64.7 Å². The van der Waals surface area contributed by atoms with Crippen molar-refractivity contribution in [1.82, 2.24) is 0 Å². The molecule has 0 saturated heterocycles. The van der Waals surface area contributed by atoms with Gasteiger partial charge in [0.15, 0.2) is 0 Å². The largest absolute Gasteiger partial charge is 0.103 e. The second-order valence-corrected chi connectivity index (χ2v) is 5.33. The van der Waals surface area contributed by atoms with Gasteiger partial charge in [0, 0.05) is 4.83 Å². The molecule has 0 fully saturated rings. The van der Waals surface area contributed by atoms with Gasteiger partial charge in [-0.25, -0.2) is 0 Å². The maximum Gasteiger partial charge on any atom is 0.0180 e. The summed E-state index contributed by atoms with van der Waals surface area (Å²) in [5.41, 5.74) is 0. The van der Waals surface area contributed by atoms with Crippen molar-refractivity contribution in [2.45, 2.75) is 69.5 Å². The highest BCUT2D eigenvalue weighted by atomic mass is 79.9. The fourth-order valence-electron chi connectivity index (χ4n) is 1.62. The number of unbranched alkanes of at least 4 members (excludes halogenated alkanes) is 6. The van der Waals surface area contributed by atoms with Crippen molar-refractivity contribution in [2.24, 2.45) is 0 Å². The predicted octanol–water partition coefficient (Wildman–Crippen LogP) is 5.47. The van der Waals surface area contributed by atoms with Gasteiger partial charge in [-0.15, -0.1) is 6.58 Å². The molecule has 0 radical (unpaired) electrons. The Labute approximate surface area is 98.3 Å². The van der Waals surface area contributed by atoms with Crippen LogP contribution in [0, 0.1) is 0 Å². The first-order valence-corrected chi connectivity index (χ1v) is 6.97. The van der Waals surface area contributed by atoms with E-state index in [1.807, 2.05) is 6.08 Å². The lowest BCUT2D eigenvalue weighted by molar-refractivity contribution is 0.572. The van der Waals surface area contributed by atoms with Crippen LogP contribution < -0.4 is 0 Å². The molecule has 0 N–H and O–H groups in total. The molecule has 0 aliphatic rings. The van der Waals surface area contributed by atoms with E-state index in [1.54, 1.807) is 0 Å². The molecule has 1 heteroatoms. The molecule has 0 rings (SSSR count). The molecule has 1 unspecified atom stereocenters. The first kappa shape index (κ1) is 14.2. The number of alkyl halides is 1. The van der Waals surface area contributed by atoms with E-state index < -0.39 is 0 Å². The van der Waals surface area contributed by atoms with Gasteiger partial charge in [-0.3, -0.25) is 0 Å². The molecule has 84 valence electrons. The van der Waals surface area contributed by atoms with Crippen LogP contribution in [0.25, 0.3) is 0 Å². The molecule has 0 heterocycles. The molecule has 0 aromatic rings. The van der Waals surface area contributed by atoms with Crippen molar-refractivity contribution in [3.63, 3.8) is 0 Å². The standard InChI is InChI=1S/C13H25Br/c1-3-5-6-7-8-9-10-12-13(14)11-4-2/h4,13H,2-3,5-12H2,1H3. The molecule has 0 aromatic carbocycles. The second kappa shape index (κ2) is 11.3. The number of allylic oxidation sites excluding steroid dienone is 1. The van der Waals surface area contributed by atoms with Gasteiger partial charge in [0.25, 0.3) is 0 Å². The second-order valence-electron chi connectivity index (χ2n) is 4.03. The van der Waals surface area contributed by atoms with Gasteiger partial charge in [0.1, 0.15) is 0 Å². The van der Waals surface area contributed by atoms with Gasteiger partial charge >= 0.3 is 0 Å². The Morgan fingerprint density at radius 1 is 1.07 bits per heavy atom. The lowest BCUT2D eigenvalue weighted by Gasteiger charge is -2.06. The van der Waals surface area contributed by atoms with Gasteiger partial charge in [0.05, 0.1) is 0 Å². The molecule has 0 aliphatic heterocycles. The summed E-state index contributed by atoms with van der Waals surface area (Å²) < 4.78 is 0. The van der Waals surface area contributed by atoms with Gasteiger partial charge in [0.2, 0.25) is 0 Å². The Kier molecular flexibility index (Phi) is 11.5. The third kappa shape index (κ3) is 10.3. The minimum Gasteiger partial charge on any atom is -0.103 e. The number of hydrogen-bond donors (Lipinski definition) is 0. The summed E-state index contributed by atoms with van der Waals surface area (Å²) in [5.74, 6) is 0. The first-order valence-electron chi connectivity index (χ1n) is 6.06. The van der Waals surface area contributed by atoms with Crippen molar-refractivity contribution < 1.29 is 0 Å². The summed E-state index contributed by atoms with van der Waals surface area (Å²) in [6.45, 7) is 6.02. The highest BCUT2D eigenvalue weighted by Gasteiger charge is 2.00. The molecule has 0 aromatic heterocycles. The predicted molar refractivity (Wildman–Crippen MR) is 70.1 cm³/mol. The van der Waals surface area contributed by atoms with Crippen molar-refractivity contribution in [3.05, 3.63) is 12.7 Å². The molecular weight excluding hydrogens is 236 g/mol. The highest BCUT2D eigenvalue weighted by molar-refractivity contribution is 9.09. The van der Waals surface area contributed by atoms with E-state index in [0.717, 1.165) is 6.42 Å². The minimum absolute atomic E-state index is 0.663. The zero-order valence-corrected chi connectivity index (χ0v) is 11.2. The molecule has 0 bridgehead atoms. The summed E-state index contributed by atoms with van der Waals surface area (Å²) in [5, 5.41) is 0. The van der Waals surface area contributed by atoms with Crippen LogP contribution in [0.15, 0.2) is 12.7 Å². The van der Waals surface area contributed by atoms with Gasteiger partial charge in [-0.05, 0) is 12.8 Å². The molecule has 1 atom stereocenters. The lowest BCUT2D eigenvalue weighted by atomic mass is 10.1. The normalized spacial score (nSPS) is 12.7. The number of halogens is 1. The van der Waals surface area contributed by atoms with E-state index in [0.29, 0.717) is 4.83 Å². The quantitative estimate of drug-likeness (QED) is 0.278. The SMILES string of the molecule is C=CCC(Br)CCCCCCCCC. The number of hydrogen-bond acceptors (Lipinski definition) is 0. The number of rotatable bonds is 10. The van der Waals surface area contributed by atoms with Crippen LogP contribution in [0.4, 0.5) is 0 Å². The van der Waals surface area contributed by atoms with Gasteiger partial charge in [-0.2, -0.15) is 0 Å². The highest BCUT2D eigenvalue weighted by Crippen LogP contribution is 2.16. The van der Waals surface area contributed by atoms with Crippen molar-refractivity contribution in [1.29, 1.82) is 0 Å². The van der Waals surface area contributed by atoms with Crippen LogP contribution in [0.2, 0.25) is 0 Å². The molecule has 0 spiro atoms. The fourth-order valence-corrected chi connectivity index (χ4v) is 2.21. The zero-order valence-electron chi connectivity index (χ0n) is 9.60. The third-order valence-electron chi connectivity index (χ3n) is 2.54. The van der Waals surface area contributed by atoms with E-state index in [-0.39, 0.29) is 0 Å². The average molecular weight is 261 g/mol. The monoisotopic (exact) mass is 260 g/mol. The Morgan fingerprint density at radius 3 is 2.21 bits per heavy atom. The van der Waals surface area contributed by atoms with Crippen molar-refractivity contribution in [3.8, 4) is 0 Å². The zero-order chi connectivity index (χ0) is 10.6. The van der Waals surface area contributed by atoms with Crippen LogP contribution in [0.5, 0.6) is 0 Å². The topological polar surface area (TPSA) is 0 Å². The van der Waals surface area contributed by atoms with Gasteiger partial charge < -0.3 is 0 Å². The maximum atomic E-state index is 3.75. The van der Waals surface area contributed by atoms with E-state index in [9.17, 15) is 0 Å². The summed E-state index contributed by atoms with van der Waals surface area (Å²) >= 11 is 3.66. The van der Waals surface area contributed by atoms with E-state index >= 15 is 0 Å². The Balaban J connectivity index is 3.01. The smallest absolute Gasteiger partial charge is 0.0180 e. The Morgan fingerprint density at radius 2 is 1.64 bits per heavy atom. The summed E-state index contributed by atoms with van der Waals surface area (Å²) in [7, 11) is 0. The first-order chi connectivity index (χ1) is 6.81. The summed E-state index contributed by atoms with van der Waals surface area (Å²) in [6.07, 6.45) is 14.2. The minimum atomic E-state index is 0.663. The van der Waals surface area contributed by atoms with Crippen molar-refractivity contribution in [2.75, 3.05) is 0 Å². The van der Waals surface area contributed by atoms with Crippen LogP contribution in [-0.2, 0) is 0 Å². The fraction of sp³-hybridized carbons (Fsp3) is 0.846. The van der Waals surface area contributed by atoms with Crippen LogP contribution >= 0.6 is 15.9 Å². The van der Waals surface area contributed by atoms with Gasteiger partial charge in [-0.1, -0.05) is 73.9 Å². The molecule has 0 nitrogen and oxygen atoms in total. The summed E-state index contributed by atoms with van der Waals surface area (Å²) in [4.78, 5) is 0.663. The van der Waals surface area contributed by atoms with Crippen molar-refractivity contribution >= 4 is 15.9 Å². The average Bonchev–Trinajstić information content (AvgIpc) is 2.17. The van der Waals surface area contributed by atoms with E-state index in [2.05, 4.69) is 29.4 Å². The Hall–Kier alpha value is 0.220. The maximum absolute atomic E-state index is 3.75. The molecular formula is C13H25Br. The molecule has 0 aliphatic carbocycles. The summed E-state index contributed by atoms with van der Waals surface area (Å²) in [6, 6.07) is 0. The lowest BCUT2D eigenvalue weighted by Crippen LogP contribution is -1.95. The molecule has 0 amide bonds. The third-order valence-corrected chi connectivity index (χ3v) is 3.37. The van der Waals surface area contributed by atoms with Crippen LogP contribution in [0.3, 0.4) is 0 Å². The van der Waals surface area contributed by atoms with E-state index in [4.69, 9.17) is 0 Å². The van der Waals surface area contributed by atoms with Crippen LogP contribution in [-0.4, -0.2) is 4.83 Å². The molecule has 14 heavy (non-hydrogen) atoms.